The van der Waals surface area contributed by atoms with Gasteiger partial charge in [-0.05, 0) is 25.5 Å². The lowest BCUT2D eigenvalue weighted by atomic mass is 10.2. The molecule has 0 fully saturated rings. The Kier molecular flexibility index (Phi) is 5.10. The molecule has 0 aromatic heterocycles. The smallest absolute Gasteiger partial charge is 0.242 e. The third-order valence-corrected chi connectivity index (χ3v) is 2.66. The van der Waals surface area contributed by atoms with Crippen molar-refractivity contribution in [1.29, 1.82) is 0 Å². The zero-order valence-corrected chi connectivity index (χ0v) is 10.8. The van der Waals surface area contributed by atoms with Crippen molar-refractivity contribution in [3.63, 3.8) is 0 Å². The predicted octanol–water partition coefficient (Wildman–Crippen LogP) is 2.25. The van der Waals surface area contributed by atoms with Crippen molar-refractivity contribution in [2.45, 2.75) is 26.3 Å². The number of halogens is 1. The van der Waals surface area contributed by atoms with Crippen LogP contribution in [0.5, 0.6) is 0 Å². The fourth-order valence-corrected chi connectivity index (χ4v) is 1.61. The van der Waals surface area contributed by atoms with Crippen LogP contribution in [-0.2, 0) is 4.79 Å². The summed E-state index contributed by atoms with van der Waals surface area (Å²) in [5.41, 5.74) is 6.93. The van der Waals surface area contributed by atoms with E-state index >= 15 is 0 Å². The fourth-order valence-electron chi connectivity index (χ4n) is 1.38. The molecule has 1 amide bonds. The number of rotatable bonds is 5. The van der Waals surface area contributed by atoms with Crippen LogP contribution in [0.2, 0.25) is 5.02 Å². The van der Waals surface area contributed by atoms with Crippen LogP contribution in [0.1, 0.15) is 20.3 Å². The molecule has 1 unspecified atom stereocenters. The highest BCUT2D eigenvalue weighted by atomic mass is 35.5. The minimum atomic E-state index is -0.372. The first-order valence-corrected chi connectivity index (χ1v) is 6.02. The van der Waals surface area contributed by atoms with Crippen LogP contribution in [0.25, 0.3) is 0 Å². The van der Waals surface area contributed by atoms with Crippen LogP contribution in [0.4, 0.5) is 11.4 Å². The molecule has 0 aliphatic rings. The van der Waals surface area contributed by atoms with Crippen LogP contribution in [0.15, 0.2) is 18.2 Å². The molecule has 94 valence electrons. The van der Waals surface area contributed by atoms with E-state index in [9.17, 15) is 4.79 Å². The molecule has 1 aromatic carbocycles. The van der Waals surface area contributed by atoms with Crippen LogP contribution >= 0.6 is 11.6 Å². The summed E-state index contributed by atoms with van der Waals surface area (Å²) in [6, 6.07) is 4.87. The summed E-state index contributed by atoms with van der Waals surface area (Å²) in [6.07, 6.45) is 0.909. The maximum absolute atomic E-state index is 11.7. The van der Waals surface area contributed by atoms with Crippen molar-refractivity contribution < 1.29 is 4.79 Å². The third-order valence-electron chi connectivity index (χ3n) is 2.35. The molecule has 4 N–H and O–H groups in total. The monoisotopic (exact) mass is 255 g/mol. The lowest BCUT2D eigenvalue weighted by Gasteiger charge is -2.17. The van der Waals surface area contributed by atoms with Crippen LogP contribution in [0, 0.1) is 0 Å². The number of carbonyl (C=O) groups is 1. The molecule has 1 rings (SSSR count). The molecule has 4 nitrogen and oxygen atoms in total. The number of nitrogens with one attached hydrogen (secondary N) is 2. The largest absolute Gasteiger partial charge is 0.397 e. The summed E-state index contributed by atoms with van der Waals surface area (Å²) in [7, 11) is 0. The van der Waals surface area contributed by atoms with E-state index in [-0.39, 0.29) is 11.9 Å². The van der Waals surface area contributed by atoms with E-state index in [4.69, 9.17) is 17.3 Å². The van der Waals surface area contributed by atoms with Crippen molar-refractivity contribution in [2.24, 2.45) is 0 Å². The standard InChI is InChI=1S/C12H18ClN3O/c1-3-7-15-12(17)8(2)16-11-9(13)5-4-6-10(11)14/h4-6,8,16H,3,7,14H2,1-2H3,(H,15,17). The SMILES string of the molecule is CCCNC(=O)C(C)Nc1c(N)cccc1Cl. The van der Waals surface area contributed by atoms with Gasteiger partial charge in [0.25, 0.3) is 0 Å². The average molecular weight is 256 g/mol. The van der Waals surface area contributed by atoms with Crippen LogP contribution in [-0.4, -0.2) is 18.5 Å². The summed E-state index contributed by atoms with van der Waals surface area (Å²) in [6.45, 7) is 4.45. The average Bonchev–Trinajstić information content (AvgIpc) is 2.30. The molecule has 0 saturated heterocycles. The van der Waals surface area contributed by atoms with Crippen LogP contribution in [0.3, 0.4) is 0 Å². The molecular formula is C12H18ClN3O. The molecule has 0 heterocycles. The molecule has 17 heavy (non-hydrogen) atoms. The summed E-state index contributed by atoms with van der Waals surface area (Å²) in [5.74, 6) is -0.0637. The van der Waals surface area contributed by atoms with Crippen molar-refractivity contribution >= 4 is 28.9 Å². The minimum absolute atomic E-state index is 0.0637. The molecule has 0 bridgehead atoms. The van der Waals surface area contributed by atoms with Gasteiger partial charge < -0.3 is 16.4 Å². The molecular weight excluding hydrogens is 238 g/mol. The van der Waals surface area contributed by atoms with Gasteiger partial charge in [-0.15, -0.1) is 0 Å². The Bertz CT molecular complexity index is 375. The van der Waals surface area contributed by atoms with E-state index in [1.165, 1.54) is 0 Å². The highest BCUT2D eigenvalue weighted by Gasteiger charge is 2.14. The molecule has 1 atom stereocenters. The molecule has 1 aromatic rings. The van der Waals surface area contributed by atoms with Gasteiger partial charge in [0.05, 0.1) is 16.4 Å². The van der Waals surface area contributed by atoms with Gasteiger partial charge in [0.15, 0.2) is 0 Å². The Morgan fingerprint density at radius 3 is 2.82 bits per heavy atom. The van der Waals surface area contributed by atoms with E-state index in [2.05, 4.69) is 10.6 Å². The number of nitrogens with two attached hydrogens (primary N) is 1. The maximum atomic E-state index is 11.7. The second-order valence-corrected chi connectivity index (χ2v) is 4.27. The Hall–Kier alpha value is -1.42. The molecule has 0 spiro atoms. The van der Waals surface area contributed by atoms with E-state index in [1.807, 2.05) is 6.92 Å². The van der Waals surface area contributed by atoms with E-state index in [0.717, 1.165) is 6.42 Å². The highest BCUT2D eigenvalue weighted by Crippen LogP contribution is 2.28. The maximum Gasteiger partial charge on any atom is 0.242 e. The van der Waals surface area contributed by atoms with Gasteiger partial charge in [-0.2, -0.15) is 0 Å². The highest BCUT2D eigenvalue weighted by molar-refractivity contribution is 6.34. The van der Waals surface area contributed by atoms with E-state index in [1.54, 1.807) is 25.1 Å². The summed E-state index contributed by atoms with van der Waals surface area (Å²) < 4.78 is 0. The first kappa shape index (κ1) is 13.6. The lowest BCUT2D eigenvalue weighted by molar-refractivity contribution is -0.121. The van der Waals surface area contributed by atoms with Gasteiger partial charge in [0.2, 0.25) is 5.91 Å². The zero-order chi connectivity index (χ0) is 12.8. The Balaban J connectivity index is 2.67. The first-order valence-electron chi connectivity index (χ1n) is 5.64. The number of carbonyl (C=O) groups excluding carboxylic acids is 1. The lowest BCUT2D eigenvalue weighted by Crippen LogP contribution is -2.38. The number of nitrogen functional groups attached to an aromatic ring is 1. The summed E-state index contributed by atoms with van der Waals surface area (Å²) >= 11 is 6.01. The van der Waals surface area contributed by atoms with Gasteiger partial charge in [-0.1, -0.05) is 24.6 Å². The normalized spacial score (nSPS) is 11.9. The van der Waals surface area contributed by atoms with Gasteiger partial charge in [-0.25, -0.2) is 0 Å². The van der Waals surface area contributed by atoms with Crippen LogP contribution < -0.4 is 16.4 Å². The Labute approximate surface area is 107 Å². The predicted molar refractivity (Wildman–Crippen MR) is 72.2 cm³/mol. The number of para-hydroxylation sites is 1. The van der Waals surface area contributed by atoms with Crippen molar-refractivity contribution in [1.82, 2.24) is 5.32 Å². The minimum Gasteiger partial charge on any atom is -0.397 e. The second-order valence-electron chi connectivity index (χ2n) is 3.86. The summed E-state index contributed by atoms with van der Waals surface area (Å²) in [5, 5.41) is 6.34. The fraction of sp³-hybridized carbons (Fsp3) is 0.417. The van der Waals surface area contributed by atoms with E-state index in [0.29, 0.717) is 22.9 Å². The van der Waals surface area contributed by atoms with E-state index < -0.39 is 0 Å². The van der Waals surface area contributed by atoms with Crippen molar-refractivity contribution in [3.05, 3.63) is 23.2 Å². The van der Waals surface area contributed by atoms with Gasteiger partial charge >= 0.3 is 0 Å². The van der Waals surface area contributed by atoms with Gasteiger partial charge in [0, 0.05) is 6.54 Å². The Morgan fingerprint density at radius 2 is 2.24 bits per heavy atom. The number of benzene rings is 1. The third kappa shape index (κ3) is 3.82. The van der Waals surface area contributed by atoms with Gasteiger partial charge in [0.1, 0.15) is 6.04 Å². The quantitative estimate of drug-likeness (QED) is 0.707. The second kappa shape index (κ2) is 6.35. The number of hydrogen-bond acceptors (Lipinski definition) is 3. The first-order chi connectivity index (χ1) is 8.06. The number of hydrogen-bond donors (Lipinski definition) is 3. The molecule has 0 aliphatic heterocycles. The number of anilines is 2. The molecule has 0 saturated carbocycles. The molecule has 5 heteroatoms. The van der Waals surface area contributed by atoms with Crippen molar-refractivity contribution in [3.8, 4) is 0 Å². The van der Waals surface area contributed by atoms with Gasteiger partial charge in [-0.3, -0.25) is 4.79 Å². The zero-order valence-electron chi connectivity index (χ0n) is 10.1. The molecule has 0 aliphatic carbocycles. The molecule has 0 radical (unpaired) electrons. The summed E-state index contributed by atoms with van der Waals surface area (Å²) in [4.78, 5) is 11.7. The Morgan fingerprint density at radius 1 is 1.53 bits per heavy atom. The number of amides is 1. The topological polar surface area (TPSA) is 67.2 Å². The van der Waals surface area contributed by atoms with Crippen molar-refractivity contribution in [2.75, 3.05) is 17.6 Å².